The van der Waals surface area contributed by atoms with Gasteiger partial charge in [0.1, 0.15) is 23.1 Å². The van der Waals surface area contributed by atoms with E-state index in [1.165, 1.54) is 4.90 Å². The molecule has 0 spiro atoms. The van der Waals surface area contributed by atoms with Gasteiger partial charge in [0.2, 0.25) is 0 Å². The van der Waals surface area contributed by atoms with Crippen molar-refractivity contribution in [3.63, 3.8) is 0 Å². The van der Waals surface area contributed by atoms with Crippen LogP contribution in [-0.2, 0) is 10.3 Å². The first-order valence-corrected chi connectivity index (χ1v) is 7.68. The minimum Gasteiger partial charge on any atom is -0.497 e. The van der Waals surface area contributed by atoms with E-state index in [9.17, 15) is 15.0 Å². The maximum atomic E-state index is 12.1. The number of ether oxygens (including phenoxy) is 2. The number of aliphatic hydroxyl groups is 2. The van der Waals surface area contributed by atoms with E-state index in [0.717, 1.165) is 0 Å². The minimum atomic E-state index is -1.38. The fraction of sp³-hybridized carbons (Fsp3) is 0.588. The van der Waals surface area contributed by atoms with Crippen LogP contribution in [0.3, 0.4) is 0 Å². The molecule has 0 aliphatic carbocycles. The summed E-state index contributed by atoms with van der Waals surface area (Å²) >= 11 is 0. The summed E-state index contributed by atoms with van der Waals surface area (Å²) in [5.74, 6) is 0.679. The van der Waals surface area contributed by atoms with Gasteiger partial charge < -0.3 is 24.6 Å². The Morgan fingerprint density at radius 1 is 1.30 bits per heavy atom. The van der Waals surface area contributed by atoms with Crippen LogP contribution in [0.15, 0.2) is 24.3 Å². The number of hydrogen-bond acceptors (Lipinski definition) is 5. The molecular formula is C17H25NO5. The molecule has 1 saturated heterocycles. The lowest BCUT2D eigenvalue weighted by molar-refractivity contribution is -0.123. The smallest absolute Gasteiger partial charge is 0.410 e. The number of hydrogen-bond donors (Lipinski definition) is 2. The van der Waals surface area contributed by atoms with Gasteiger partial charge >= 0.3 is 6.09 Å². The average molecular weight is 323 g/mol. The van der Waals surface area contributed by atoms with E-state index < -0.39 is 23.4 Å². The highest BCUT2D eigenvalue weighted by Gasteiger charge is 2.44. The molecule has 1 aliphatic heterocycles. The van der Waals surface area contributed by atoms with Crippen LogP contribution in [0.4, 0.5) is 4.79 Å². The first-order valence-electron chi connectivity index (χ1n) is 7.68. The molecule has 2 rings (SSSR count). The van der Waals surface area contributed by atoms with Crippen molar-refractivity contribution in [2.45, 2.75) is 44.5 Å². The van der Waals surface area contributed by atoms with Crippen LogP contribution in [0, 0.1) is 0 Å². The number of carbonyl (C=O) groups is 1. The van der Waals surface area contributed by atoms with E-state index in [-0.39, 0.29) is 13.0 Å². The summed E-state index contributed by atoms with van der Waals surface area (Å²) in [4.78, 5) is 13.5. The predicted octanol–water partition coefficient (Wildman–Crippen LogP) is 1.88. The minimum absolute atomic E-state index is 0.0252. The third-order valence-electron chi connectivity index (χ3n) is 3.95. The molecule has 23 heavy (non-hydrogen) atoms. The average Bonchev–Trinajstić information content (AvgIpc) is 2.48. The lowest BCUT2D eigenvalue weighted by Crippen LogP contribution is -2.55. The number of rotatable bonds is 2. The molecule has 0 bridgehead atoms. The molecule has 2 N–H and O–H groups in total. The molecule has 1 heterocycles. The zero-order valence-electron chi connectivity index (χ0n) is 14.1. The molecule has 2 atom stereocenters. The highest BCUT2D eigenvalue weighted by Crippen LogP contribution is 2.34. The Kier molecular flexibility index (Phi) is 4.87. The van der Waals surface area contributed by atoms with Crippen molar-refractivity contribution in [3.05, 3.63) is 29.8 Å². The first-order chi connectivity index (χ1) is 10.7. The molecule has 2 unspecified atom stereocenters. The molecule has 6 heteroatoms. The summed E-state index contributed by atoms with van der Waals surface area (Å²) in [7, 11) is 1.57. The number of likely N-dealkylation sites (tertiary alicyclic amines) is 1. The second-order valence-corrected chi connectivity index (χ2v) is 6.84. The van der Waals surface area contributed by atoms with Gasteiger partial charge in [-0.25, -0.2) is 4.79 Å². The quantitative estimate of drug-likeness (QED) is 0.869. The number of amides is 1. The molecule has 1 aromatic rings. The topological polar surface area (TPSA) is 79.2 Å². The monoisotopic (exact) mass is 323 g/mol. The van der Waals surface area contributed by atoms with Gasteiger partial charge in [-0.3, -0.25) is 0 Å². The highest BCUT2D eigenvalue weighted by molar-refractivity contribution is 5.68. The Balaban J connectivity index is 2.09. The molecule has 0 radical (unpaired) electrons. The fourth-order valence-corrected chi connectivity index (χ4v) is 2.63. The van der Waals surface area contributed by atoms with Crippen LogP contribution >= 0.6 is 0 Å². The number of β-amino-alcohol motifs (C(OH)–C–C–N with tert-alkyl or cyclic N) is 1. The molecule has 1 amide bonds. The summed E-state index contributed by atoms with van der Waals surface area (Å²) in [6.07, 6.45) is -1.33. The Hall–Kier alpha value is -1.79. The summed E-state index contributed by atoms with van der Waals surface area (Å²) in [6.45, 7) is 5.71. The summed E-state index contributed by atoms with van der Waals surface area (Å²) in [5, 5.41) is 21.2. The Morgan fingerprint density at radius 2 is 1.91 bits per heavy atom. The lowest BCUT2D eigenvalue weighted by Gasteiger charge is -2.42. The summed E-state index contributed by atoms with van der Waals surface area (Å²) in [6, 6.07) is 6.93. The van der Waals surface area contributed by atoms with Crippen molar-refractivity contribution in [1.29, 1.82) is 0 Å². The van der Waals surface area contributed by atoms with Crippen molar-refractivity contribution >= 4 is 6.09 Å². The molecule has 1 aliphatic rings. The van der Waals surface area contributed by atoms with E-state index in [4.69, 9.17) is 9.47 Å². The SMILES string of the molecule is COc1ccc(C2(O)CCN(C(=O)OC(C)(C)C)CC2O)cc1. The highest BCUT2D eigenvalue weighted by atomic mass is 16.6. The predicted molar refractivity (Wildman–Crippen MR) is 85.3 cm³/mol. The maximum Gasteiger partial charge on any atom is 0.410 e. The van der Waals surface area contributed by atoms with Crippen LogP contribution in [0.5, 0.6) is 5.75 Å². The Labute approximate surface area is 136 Å². The molecule has 6 nitrogen and oxygen atoms in total. The third kappa shape index (κ3) is 3.95. The molecule has 1 aromatic carbocycles. The first kappa shape index (κ1) is 17.6. The van der Waals surface area contributed by atoms with Crippen molar-refractivity contribution in [1.82, 2.24) is 4.90 Å². The largest absolute Gasteiger partial charge is 0.497 e. The zero-order chi connectivity index (χ0) is 17.3. The van der Waals surface area contributed by atoms with Gasteiger partial charge in [-0.05, 0) is 38.5 Å². The molecular weight excluding hydrogens is 298 g/mol. The van der Waals surface area contributed by atoms with Gasteiger partial charge in [0.05, 0.1) is 13.7 Å². The summed E-state index contributed by atoms with van der Waals surface area (Å²) in [5.41, 5.74) is -1.37. The molecule has 0 saturated carbocycles. The van der Waals surface area contributed by atoms with Crippen LogP contribution < -0.4 is 4.74 Å². The third-order valence-corrected chi connectivity index (χ3v) is 3.95. The number of carbonyl (C=O) groups excluding carboxylic acids is 1. The van der Waals surface area contributed by atoms with E-state index in [1.807, 2.05) is 0 Å². The normalized spacial score (nSPS) is 25.1. The zero-order valence-corrected chi connectivity index (χ0v) is 14.1. The Bertz CT molecular complexity index is 551. The lowest BCUT2D eigenvalue weighted by atomic mass is 9.82. The van der Waals surface area contributed by atoms with Crippen molar-refractivity contribution < 1.29 is 24.5 Å². The second-order valence-electron chi connectivity index (χ2n) is 6.84. The summed E-state index contributed by atoms with van der Waals surface area (Å²) < 4.78 is 10.4. The van der Waals surface area contributed by atoms with E-state index in [1.54, 1.807) is 52.1 Å². The number of piperidine rings is 1. The van der Waals surface area contributed by atoms with Crippen molar-refractivity contribution in [2.75, 3.05) is 20.2 Å². The number of benzene rings is 1. The van der Waals surface area contributed by atoms with Gasteiger partial charge in [-0.1, -0.05) is 12.1 Å². The molecule has 1 fully saturated rings. The van der Waals surface area contributed by atoms with Crippen LogP contribution in [-0.4, -0.2) is 53.1 Å². The van der Waals surface area contributed by atoms with Crippen LogP contribution in [0.1, 0.15) is 32.8 Å². The number of nitrogens with zero attached hydrogens (tertiary/aromatic N) is 1. The molecule has 0 aromatic heterocycles. The van der Waals surface area contributed by atoms with Gasteiger partial charge in [0.25, 0.3) is 0 Å². The number of aliphatic hydroxyl groups excluding tert-OH is 1. The van der Waals surface area contributed by atoms with Crippen LogP contribution in [0.25, 0.3) is 0 Å². The van der Waals surface area contributed by atoms with Crippen LogP contribution in [0.2, 0.25) is 0 Å². The number of methoxy groups -OCH3 is 1. The van der Waals surface area contributed by atoms with Gasteiger partial charge in [0, 0.05) is 13.0 Å². The van der Waals surface area contributed by atoms with Gasteiger partial charge in [-0.15, -0.1) is 0 Å². The van der Waals surface area contributed by atoms with E-state index >= 15 is 0 Å². The second kappa shape index (κ2) is 6.37. The van der Waals surface area contributed by atoms with Crippen molar-refractivity contribution in [2.24, 2.45) is 0 Å². The van der Waals surface area contributed by atoms with E-state index in [2.05, 4.69) is 0 Å². The van der Waals surface area contributed by atoms with Gasteiger partial charge in [-0.2, -0.15) is 0 Å². The Morgan fingerprint density at radius 3 is 2.39 bits per heavy atom. The van der Waals surface area contributed by atoms with Crippen molar-refractivity contribution in [3.8, 4) is 5.75 Å². The standard InChI is InChI=1S/C17H25NO5/c1-16(2,3)23-15(20)18-10-9-17(21,14(19)11-18)12-5-7-13(22-4)8-6-12/h5-8,14,19,21H,9-11H2,1-4H3. The maximum absolute atomic E-state index is 12.1. The van der Waals surface area contributed by atoms with E-state index in [0.29, 0.717) is 17.9 Å². The fourth-order valence-electron chi connectivity index (χ4n) is 2.63. The molecule has 128 valence electrons. The van der Waals surface area contributed by atoms with Gasteiger partial charge in [0.15, 0.2) is 0 Å².